The van der Waals surface area contributed by atoms with E-state index in [1.54, 1.807) is 23.1 Å². The van der Waals surface area contributed by atoms with Gasteiger partial charge in [-0.15, -0.1) is 0 Å². The van der Waals surface area contributed by atoms with Gasteiger partial charge in [-0.3, -0.25) is 14.5 Å². The van der Waals surface area contributed by atoms with E-state index in [0.29, 0.717) is 42.0 Å². The molecule has 0 saturated carbocycles. The number of amides is 2. The van der Waals surface area contributed by atoms with Gasteiger partial charge in [0.2, 0.25) is 18.3 Å². The number of likely N-dealkylation sites (tertiary alicyclic amines) is 1. The van der Waals surface area contributed by atoms with Crippen molar-refractivity contribution in [1.29, 1.82) is 0 Å². The Labute approximate surface area is 258 Å². The van der Waals surface area contributed by atoms with Gasteiger partial charge in [-0.25, -0.2) is 9.98 Å². The van der Waals surface area contributed by atoms with Gasteiger partial charge in [0.25, 0.3) is 0 Å². The van der Waals surface area contributed by atoms with Crippen LogP contribution < -0.4 is 19.9 Å². The number of rotatable bonds is 10. The zero-order chi connectivity index (χ0) is 31.1. The van der Waals surface area contributed by atoms with E-state index in [0.717, 1.165) is 62.4 Å². The molecule has 11 nitrogen and oxygen atoms in total. The zero-order valence-corrected chi connectivity index (χ0v) is 25.6. The summed E-state index contributed by atoms with van der Waals surface area (Å²) in [5, 5.41) is 3.29. The summed E-state index contributed by atoms with van der Waals surface area (Å²) in [5.74, 6) is 1.16. The zero-order valence-electron chi connectivity index (χ0n) is 25.6. The Bertz CT molecular complexity index is 1500. The molecule has 230 valence electrons. The van der Waals surface area contributed by atoms with Gasteiger partial charge in [0.15, 0.2) is 5.82 Å². The van der Waals surface area contributed by atoms with Crippen LogP contribution in [0.1, 0.15) is 25.3 Å². The number of carbonyl (C=O) groups excluding carboxylic acids is 2. The maximum atomic E-state index is 12.7. The summed E-state index contributed by atoms with van der Waals surface area (Å²) in [5.41, 5.74) is 3.95. The van der Waals surface area contributed by atoms with Crippen molar-refractivity contribution in [1.82, 2.24) is 19.8 Å². The van der Waals surface area contributed by atoms with Crippen molar-refractivity contribution in [2.45, 2.75) is 25.8 Å². The van der Waals surface area contributed by atoms with Crippen LogP contribution in [0, 0.1) is 0 Å². The molecule has 2 aliphatic rings. The maximum absolute atomic E-state index is 12.7. The third-order valence-corrected chi connectivity index (χ3v) is 8.16. The minimum Gasteiger partial charge on any atom is -0.494 e. The molecule has 1 unspecified atom stereocenters. The van der Waals surface area contributed by atoms with Gasteiger partial charge < -0.3 is 24.8 Å². The predicted molar refractivity (Wildman–Crippen MR) is 175 cm³/mol. The second-order valence-electron chi connectivity index (χ2n) is 11.1. The quantitative estimate of drug-likeness (QED) is 0.210. The lowest BCUT2D eigenvalue weighted by Gasteiger charge is -2.37. The summed E-state index contributed by atoms with van der Waals surface area (Å²) in [4.78, 5) is 47.3. The number of hydrogen-bond donors (Lipinski definition) is 1. The Morgan fingerprint density at radius 3 is 2.61 bits per heavy atom. The van der Waals surface area contributed by atoms with E-state index in [1.165, 1.54) is 6.08 Å². The van der Waals surface area contributed by atoms with Gasteiger partial charge in [0.1, 0.15) is 11.4 Å². The molecule has 3 heterocycles. The van der Waals surface area contributed by atoms with Crippen LogP contribution in [0.4, 0.5) is 28.8 Å². The molecule has 0 spiro atoms. The Morgan fingerprint density at radius 2 is 1.91 bits per heavy atom. The van der Waals surface area contributed by atoms with E-state index < -0.39 is 0 Å². The summed E-state index contributed by atoms with van der Waals surface area (Å²) in [7, 11) is 3.77. The highest BCUT2D eigenvalue weighted by Crippen LogP contribution is 2.35. The van der Waals surface area contributed by atoms with Crippen molar-refractivity contribution in [3.63, 3.8) is 0 Å². The summed E-state index contributed by atoms with van der Waals surface area (Å²) in [6, 6.07) is 15.6. The van der Waals surface area contributed by atoms with Crippen molar-refractivity contribution < 1.29 is 14.3 Å². The molecular formula is C33H40N8O3. The number of benzene rings is 2. The number of ether oxygens (including phenoxy) is 1. The topological polar surface area (TPSA) is 106 Å². The molecule has 1 atom stereocenters. The Kier molecular flexibility index (Phi) is 9.86. The van der Waals surface area contributed by atoms with Crippen LogP contribution in [0.3, 0.4) is 0 Å². The smallest absolute Gasteiger partial charge is 0.246 e. The SMILES string of the molecule is C=CC(=O)N1CCCC(N(C=O)c2nc(Nc3ccc(N4CCN(C)CC4)cc3OC)ncc2/N=C(\C)c2ccccc2)C1. The van der Waals surface area contributed by atoms with E-state index in [2.05, 4.69) is 39.8 Å². The first-order valence-corrected chi connectivity index (χ1v) is 14.9. The van der Waals surface area contributed by atoms with Gasteiger partial charge in [-0.2, -0.15) is 4.98 Å². The van der Waals surface area contributed by atoms with Crippen molar-refractivity contribution in [3.05, 3.63) is 72.9 Å². The van der Waals surface area contributed by atoms with Crippen molar-refractivity contribution in [2.75, 3.05) is 68.5 Å². The average Bonchev–Trinajstić information content (AvgIpc) is 3.07. The maximum Gasteiger partial charge on any atom is 0.246 e. The number of aromatic nitrogens is 2. The molecule has 0 bridgehead atoms. The lowest BCUT2D eigenvalue weighted by Crippen LogP contribution is -2.49. The first-order valence-electron chi connectivity index (χ1n) is 14.9. The third kappa shape index (κ3) is 7.05. The number of methoxy groups -OCH3 is 1. The van der Waals surface area contributed by atoms with Crippen molar-refractivity contribution in [2.24, 2.45) is 4.99 Å². The second kappa shape index (κ2) is 14.1. The van der Waals surface area contributed by atoms with Gasteiger partial charge >= 0.3 is 0 Å². The number of nitrogens with zero attached hydrogens (tertiary/aromatic N) is 7. The normalized spacial score (nSPS) is 17.6. The Morgan fingerprint density at radius 1 is 1.14 bits per heavy atom. The Hall–Kier alpha value is -4.77. The Balaban J connectivity index is 1.48. The lowest BCUT2D eigenvalue weighted by atomic mass is 10.0. The first kappa shape index (κ1) is 30.7. The number of hydrogen-bond acceptors (Lipinski definition) is 9. The van der Waals surface area contributed by atoms with E-state index in [1.807, 2.05) is 49.4 Å². The van der Waals surface area contributed by atoms with Gasteiger partial charge in [0.05, 0.1) is 25.0 Å². The minimum absolute atomic E-state index is 0.157. The predicted octanol–water partition coefficient (Wildman–Crippen LogP) is 4.26. The van der Waals surface area contributed by atoms with Crippen LogP contribution in [-0.2, 0) is 9.59 Å². The van der Waals surface area contributed by atoms with E-state index in [9.17, 15) is 9.59 Å². The van der Waals surface area contributed by atoms with Crippen molar-refractivity contribution in [3.8, 4) is 5.75 Å². The highest BCUT2D eigenvalue weighted by Gasteiger charge is 2.30. The molecule has 5 rings (SSSR count). The summed E-state index contributed by atoms with van der Waals surface area (Å²) >= 11 is 0. The van der Waals surface area contributed by atoms with E-state index >= 15 is 0 Å². The van der Waals surface area contributed by atoms with Crippen LogP contribution in [0.2, 0.25) is 0 Å². The number of piperidine rings is 1. The number of nitrogens with one attached hydrogen (secondary N) is 1. The van der Waals surface area contributed by atoms with Crippen molar-refractivity contribution >= 4 is 46.9 Å². The molecule has 44 heavy (non-hydrogen) atoms. The monoisotopic (exact) mass is 596 g/mol. The number of piperazine rings is 1. The summed E-state index contributed by atoms with van der Waals surface area (Å²) in [6.07, 6.45) is 5.16. The molecule has 2 fully saturated rings. The number of likely N-dealkylation sites (N-methyl/N-ethyl adjacent to an activating group) is 1. The first-order chi connectivity index (χ1) is 21.4. The minimum atomic E-state index is -0.281. The molecule has 2 saturated heterocycles. The fourth-order valence-electron chi connectivity index (χ4n) is 5.61. The molecule has 11 heteroatoms. The number of anilines is 4. The molecule has 1 N–H and O–H groups in total. The highest BCUT2D eigenvalue weighted by molar-refractivity contribution is 6.01. The summed E-state index contributed by atoms with van der Waals surface area (Å²) < 4.78 is 5.75. The molecular weight excluding hydrogens is 556 g/mol. The van der Waals surface area contributed by atoms with E-state index in [-0.39, 0.29) is 11.9 Å². The van der Waals surface area contributed by atoms with E-state index in [4.69, 9.17) is 14.7 Å². The largest absolute Gasteiger partial charge is 0.494 e. The van der Waals surface area contributed by atoms with Crippen LogP contribution in [0.25, 0.3) is 0 Å². The summed E-state index contributed by atoms with van der Waals surface area (Å²) in [6.45, 7) is 10.4. The highest BCUT2D eigenvalue weighted by atomic mass is 16.5. The van der Waals surface area contributed by atoms with Crippen LogP contribution in [-0.4, -0.2) is 97.3 Å². The standard InChI is InChI=1S/C33H40N8O3/c1-5-31(43)40-15-9-12-27(22-40)41(23-42)32-29(35-24(2)25-10-7-6-8-11-25)21-34-33(37-32)36-28-14-13-26(20-30(28)44-4)39-18-16-38(3)17-19-39/h5-8,10-11,13-14,20-21,23,27H,1,9,12,15-19,22H2,2-4H3,(H,34,36,37)/b35-24+. The van der Waals surface area contributed by atoms with Gasteiger partial charge in [-0.1, -0.05) is 36.9 Å². The molecule has 0 aliphatic carbocycles. The molecule has 2 aliphatic heterocycles. The molecule has 2 aromatic carbocycles. The molecule has 3 aromatic rings. The molecule has 2 amide bonds. The molecule has 0 radical (unpaired) electrons. The average molecular weight is 597 g/mol. The number of aliphatic imine (C=N–C) groups is 1. The second-order valence-corrected chi connectivity index (χ2v) is 11.1. The van der Waals surface area contributed by atoms with Crippen LogP contribution >= 0.6 is 0 Å². The van der Waals surface area contributed by atoms with Gasteiger partial charge in [-0.05, 0) is 50.6 Å². The fraction of sp³-hybridized carbons (Fsp3) is 0.364. The number of carbonyl (C=O) groups is 2. The lowest BCUT2D eigenvalue weighted by molar-refractivity contribution is -0.127. The molecule has 1 aromatic heterocycles. The fourth-order valence-corrected chi connectivity index (χ4v) is 5.61. The van der Waals surface area contributed by atoms with Crippen LogP contribution in [0.5, 0.6) is 5.75 Å². The van der Waals surface area contributed by atoms with Crippen LogP contribution in [0.15, 0.2) is 72.4 Å². The van der Waals surface area contributed by atoms with Gasteiger partial charge in [0, 0.05) is 56.7 Å². The third-order valence-electron chi connectivity index (χ3n) is 8.16.